The third kappa shape index (κ3) is 7.17. The summed E-state index contributed by atoms with van der Waals surface area (Å²) in [5.74, 6) is 4.57. The average Bonchev–Trinajstić information content (AvgIpc) is 3.11. The number of rotatable bonds is 11. The molecule has 0 radical (unpaired) electrons. The lowest BCUT2D eigenvalue weighted by molar-refractivity contribution is 0.311. The number of nitrogens with zero attached hydrogens (tertiary/aromatic N) is 4. The topological polar surface area (TPSA) is 76.4 Å². The Morgan fingerprint density at radius 2 is 1.84 bits per heavy atom. The molecule has 31 heavy (non-hydrogen) atoms. The molecule has 1 aromatic heterocycles. The zero-order chi connectivity index (χ0) is 21.9. The fourth-order valence-corrected chi connectivity index (χ4v) is 3.50. The molecule has 2 N–H and O–H groups in total. The van der Waals surface area contributed by atoms with Gasteiger partial charge in [-0.25, -0.2) is 4.99 Å². The van der Waals surface area contributed by atoms with Crippen molar-refractivity contribution in [1.29, 1.82) is 0 Å². The van der Waals surface area contributed by atoms with Gasteiger partial charge in [0.15, 0.2) is 11.8 Å². The zero-order valence-corrected chi connectivity index (χ0v) is 19.4. The maximum absolute atomic E-state index is 5.93. The Morgan fingerprint density at radius 1 is 1.06 bits per heavy atom. The number of benzene rings is 2. The number of guanidine groups is 1. The summed E-state index contributed by atoms with van der Waals surface area (Å²) < 4.78 is 7.90. The van der Waals surface area contributed by atoms with Crippen LogP contribution < -0.4 is 15.4 Å². The maximum Gasteiger partial charge on any atom is 0.191 e. The Kier molecular flexibility index (Phi) is 9.02. The highest BCUT2D eigenvalue weighted by atomic mass is 32.2. The Hall–Kier alpha value is -2.74. The van der Waals surface area contributed by atoms with Crippen molar-refractivity contribution in [2.75, 3.05) is 31.7 Å². The molecule has 0 aliphatic rings. The molecule has 2 aromatic carbocycles. The van der Waals surface area contributed by atoms with Crippen LogP contribution in [0.1, 0.15) is 24.5 Å². The molecule has 3 aromatic rings. The highest BCUT2D eigenvalue weighted by Crippen LogP contribution is 2.20. The lowest BCUT2D eigenvalue weighted by Crippen LogP contribution is -2.39. The van der Waals surface area contributed by atoms with Gasteiger partial charge in [0.25, 0.3) is 0 Å². The predicted molar refractivity (Wildman–Crippen MR) is 130 cm³/mol. The molecule has 0 aliphatic carbocycles. The summed E-state index contributed by atoms with van der Waals surface area (Å²) in [4.78, 5) is 4.68. The first-order valence-corrected chi connectivity index (χ1v) is 12.0. The highest BCUT2D eigenvalue weighted by Gasteiger charge is 2.05. The molecular formula is C23H32N6OS. The van der Waals surface area contributed by atoms with Crippen molar-refractivity contribution >= 4 is 28.5 Å². The Labute approximate surface area is 188 Å². The van der Waals surface area contributed by atoms with Crippen molar-refractivity contribution in [3.05, 3.63) is 54.1 Å². The second-order valence-corrected chi connectivity index (χ2v) is 8.28. The van der Waals surface area contributed by atoms with Crippen molar-refractivity contribution in [1.82, 2.24) is 25.4 Å². The van der Waals surface area contributed by atoms with Gasteiger partial charge in [-0.15, -0.1) is 10.2 Å². The summed E-state index contributed by atoms with van der Waals surface area (Å²) in [5.41, 5.74) is 0. The number of thioether (sulfide) groups is 1. The summed E-state index contributed by atoms with van der Waals surface area (Å²) in [6, 6.07) is 14.5. The van der Waals surface area contributed by atoms with Gasteiger partial charge in [0.1, 0.15) is 18.1 Å². The molecule has 3 rings (SSSR count). The summed E-state index contributed by atoms with van der Waals surface area (Å²) in [7, 11) is 1.96. The van der Waals surface area contributed by atoms with Gasteiger partial charge >= 0.3 is 0 Å². The van der Waals surface area contributed by atoms with Crippen LogP contribution in [-0.4, -0.2) is 52.4 Å². The van der Waals surface area contributed by atoms with Crippen molar-refractivity contribution in [2.45, 2.75) is 26.3 Å². The second-order valence-electron chi connectivity index (χ2n) is 7.30. The largest absolute Gasteiger partial charge is 0.494 e. The van der Waals surface area contributed by atoms with Crippen molar-refractivity contribution in [3.8, 4) is 5.75 Å². The van der Waals surface area contributed by atoms with E-state index in [1.165, 1.54) is 10.8 Å². The molecule has 0 atom stereocenters. The minimum Gasteiger partial charge on any atom is -0.494 e. The third-order valence-corrected chi connectivity index (χ3v) is 5.68. The van der Waals surface area contributed by atoms with E-state index in [0.717, 1.165) is 55.0 Å². The first-order chi connectivity index (χ1) is 15.2. The van der Waals surface area contributed by atoms with Crippen molar-refractivity contribution in [3.63, 3.8) is 0 Å². The first kappa shape index (κ1) is 22.9. The number of hydrogen-bond acceptors (Lipinski definition) is 5. The number of ether oxygens (including phenoxy) is 1. The smallest absolute Gasteiger partial charge is 0.191 e. The fraction of sp³-hybridized carbons (Fsp3) is 0.435. The number of aromatic nitrogens is 3. The second kappa shape index (κ2) is 12.2. The Morgan fingerprint density at radius 3 is 2.58 bits per heavy atom. The van der Waals surface area contributed by atoms with Crippen LogP contribution in [0.4, 0.5) is 0 Å². The van der Waals surface area contributed by atoms with E-state index < -0.39 is 0 Å². The zero-order valence-electron chi connectivity index (χ0n) is 18.6. The van der Waals surface area contributed by atoms with Crippen LogP contribution in [0.3, 0.4) is 0 Å². The van der Waals surface area contributed by atoms with Gasteiger partial charge in [-0.2, -0.15) is 11.8 Å². The van der Waals surface area contributed by atoms with Gasteiger partial charge in [0.2, 0.25) is 0 Å². The summed E-state index contributed by atoms with van der Waals surface area (Å²) in [6.45, 7) is 4.74. The molecule has 0 spiro atoms. The van der Waals surface area contributed by atoms with Gasteiger partial charge in [-0.1, -0.05) is 30.3 Å². The summed E-state index contributed by atoms with van der Waals surface area (Å²) in [6.07, 6.45) is 4.09. The average molecular weight is 441 g/mol. The monoisotopic (exact) mass is 440 g/mol. The third-order valence-electron chi connectivity index (χ3n) is 4.98. The molecule has 0 saturated heterocycles. The van der Waals surface area contributed by atoms with Crippen LogP contribution in [0.15, 0.2) is 47.5 Å². The number of hydrogen-bond donors (Lipinski definition) is 2. The normalized spacial score (nSPS) is 11.6. The van der Waals surface area contributed by atoms with Gasteiger partial charge in [-0.3, -0.25) is 0 Å². The number of aliphatic imine (C=N–C) groups is 1. The van der Waals surface area contributed by atoms with Gasteiger partial charge in [0, 0.05) is 20.1 Å². The minimum absolute atomic E-state index is 0.489. The van der Waals surface area contributed by atoms with Crippen LogP contribution in [0.25, 0.3) is 10.8 Å². The predicted octanol–water partition coefficient (Wildman–Crippen LogP) is 3.53. The van der Waals surface area contributed by atoms with E-state index in [0.29, 0.717) is 13.2 Å². The van der Waals surface area contributed by atoms with E-state index in [-0.39, 0.29) is 0 Å². The molecule has 0 aliphatic heterocycles. The lowest BCUT2D eigenvalue weighted by Gasteiger charge is -2.13. The number of aryl methyl sites for hydroxylation is 1. The quantitative estimate of drug-likeness (QED) is 0.270. The lowest BCUT2D eigenvalue weighted by atomic mass is 10.1. The fourth-order valence-electron chi connectivity index (χ4n) is 3.06. The molecule has 0 bridgehead atoms. The Bertz CT molecular complexity index is 987. The van der Waals surface area contributed by atoms with Crippen LogP contribution in [-0.2, 0) is 13.6 Å². The summed E-state index contributed by atoms with van der Waals surface area (Å²) in [5, 5.41) is 17.5. The highest BCUT2D eigenvalue weighted by molar-refractivity contribution is 7.98. The van der Waals surface area contributed by atoms with Crippen LogP contribution in [0, 0.1) is 6.92 Å². The van der Waals surface area contributed by atoms with Crippen molar-refractivity contribution in [2.24, 2.45) is 12.0 Å². The van der Waals surface area contributed by atoms with Crippen molar-refractivity contribution < 1.29 is 4.74 Å². The molecule has 7 nitrogen and oxygen atoms in total. The van der Waals surface area contributed by atoms with Crippen LogP contribution >= 0.6 is 11.8 Å². The summed E-state index contributed by atoms with van der Waals surface area (Å²) >= 11 is 1.85. The van der Waals surface area contributed by atoms with E-state index in [2.05, 4.69) is 56.3 Å². The van der Waals surface area contributed by atoms with E-state index in [4.69, 9.17) is 4.74 Å². The molecule has 166 valence electrons. The molecule has 0 unspecified atom stereocenters. The van der Waals surface area contributed by atoms with Crippen LogP contribution in [0.2, 0.25) is 0 Å². The molecule has 1 heterocycles. The van der Waals surface area contributed by atoms with Crippen LogP contribution in [0.5, 0.6) is 5.75 Å². The molecule has 0 fully saturated rings. The first-order valence-electron chi connectivity index (χ1n) is 10.6. The number of nitrogens with one attached hydrogen (secondary N) is 2. The molecule has 0 saturated carbocycles. The minimum atomic E-state index is 0.489. The van der Waals surface area contributed by atoms with Gasteiger partial charge in [0.05, 0.1) is 6.61 Å². The van der Waals surface area contributed by atoms with E-state index >= 15 is 0 Å². The molecule has 0 amide bonds. The molecule has 8 heteroatoms. The Balaban J connectivity index is 1.46. The maximum atomic E-state index is 5.93. The number of fused-ring (bicyclic) bond motifs is 1. The van der Waals surface area contributed by atoms with E-state index in [9.17, 15) is 0 Å². The van der Waals surface area contributed by atoms with Gasteiger partial charge in [-0.05, 0) is 54.7 Å². The SMILES string of the molecule is CSCCCNC(=NCc1nnc(C)n1C)NCCCOc1ccc2ccccc2c1. The molecular weight excluding hydrogens is 408 g/mol. The van der Waals surface area contributed by atoms with E-state index in [1.54, 1.807) is 0 Å². The standard InChI is InChI=1S/C23H32N6OS/c1-18-27-28-22(29(18)2)17-26-23(25-13-7-15-31-3)24-12-6-14-30-21-11-10-19-8-4-5-9-20(19)16-21/h4-5,8-11,16H,6-7,12-15,17H2,1-3H3,(H2,24,25,26). The van der Waals surface area contributed by atoms with E-state index in [1.807, 2.05) is 48.5 Å². The van der Waals surface area contributed by atoms with Gasteiger partial charge < -0.3 is 19.9 Å².